The average Bonchev–Trinajstić information content (AvgIpc) is 2.89. The number of anilines is 1. The maximum atomic E-state index is 12.7. The van der Waals surface area contributed by atoms with E-state index >= 15 is 0 Å². The zero-order valence-electron chi connectivity index (χ0n) is 19.2. The van der Waals surface area contributed by atoms with Crippen LogP contribution in [0.4, 0.5) is 5.69 Å². The van der Waals surface area contributed by atoms with Crippen LogP contribution in [0.5, 0.6) is 5.75 Å². The molecule has 1 saturated heterocycles. The van der Waals surface area contributed by atoms with E-state index in [4.69, 9.17) is 4.74 Å². The maximum Gasteiger partial charge on any atom is 0.273 e. The zero-order valence-corrected chi connectivity index (χ0v) is 19.2. The van der Waals surface area contributed by atoms with E-state index in [2.05, 4.69) is 38.8 Å². The average molecular weight is 460 g/mol. The molecule has 0 radical (unpaired) electrons. The number of nitrogens with one attached hydrogen (secondary N) is 1. The van der Waals surface area contributed by atoms with Crippen molar-refractivity contribution >= 4 is 11.6 Å². The second-order valence-corrected chi connectivity index (χ2v) is 8.10. The highest BCUT2D eigenvalue weighted by molar-refractivity contribution is 5.76. The van der Waals surface area contributed by atoms with Gasteiger partial charge in [0.05, 0.1) is 6.61 Å². The Morgan fingerprint density at radius 2 is 1.76 bits per heavy atom. The Hall–Kier alpha value is -3.94. The summed E-state index contributed by atoms with van der Waals surface area (Å²) in [5, 5.41) is 8.25. The number of aromatic amines is 1. The highest BCUT2D eigenvalue weighted by atomic mass is 16.5. The number of nitrogens with zero attached hydrogens (tertiary/aromatic N) is 4. The van der Waals surface area contributed by atoms with Crippen LogP contribution in [-0.4, -0.2) is 58.8 Å². The molecule has 2 aromatic carbocycles. The van der Waals surface area contributed by atoms with Crippen LogP contribution >= 0.6 is 0 Å². The monoisotopic (exact) mass is 459 g/mol. The highest BCUT2D eigenvalue weighted by Gasteiger charge is 2.21. The van der Waals surface area contributed by atoms with E-state index in [1.54, 1.807) is 6.08 Å². The molecule has 1 fully saturated rings. The molecule has 34 heavy (non-hydrogen) atoms. The quantitative estimate of drug-likeness (QED) is 0.391. The topological polar surface area (TPSA) is 91.4 Å². The van der Waals surface area contributed by atoms with Gasteiger partial charge in [0.25, 0.3) is 5.56 Å². The Morgan fingerprint density at radius 1 is 1.03 bits per heavy atom. The summed E-state index contributed by atoms with van der Waals surface area (Å²) >= 11 is 0. The highest BCUT2D eigenvalue weighted by Crippen LogP contribution is 2.19. The zero-order chi connectivity index (χ0) is 23.8. The van der Waals surface area contributed by atoms with Crippen LogP contribution in [0.1, 0.15) is 18.5 Å². The van der Waals surface area contributed by atoms with Crippen LogP contribution in [0.2, 0.25) is 0 Å². The molecule has 0 bridgehead atoms. The Balaban J connectivity index is 1.29. The lowest BCUT2D eigenvalue weighted by Crippen LogP contribution is -2.48. The van der Waals surface area contributed by atoms with Gasteiger partial charge in [0.15, 0.2) is 5.82 Å². The van der Waals surface area contributed by atoms with Gasteiger partial charge >= 0.3 is 0 Å². The molecule has 0 saturated carbocycles. The van der Waals surface area contributed by atoms with Crippen LogP contribution < -0.4 is 15.2 Å². The number of rotatable bonds is 9. The molecule has 1 N–H and O–H groups in total. The van der Waals surface area contributed by atoms with Crippen LogP contribution in [0.3, 0.4) is 0 Å². The first kappa shape index (κ1) is 23.2. The molecule has 0 spiro atoms. The van der Waals surface area contributed by atoms with Crippen molar-refractivity contribution in [2.75, 3.05) is 37.7 Å². The summed E-state index contributed by atoms with van der Waals surface area (Å²) in [4.78, 5) is 32.1. The summed E-state index contributed by atoms with van der Waals surface area (Å²) in [5.41, 5.74) is 1.85. The summed E-state index contributed by atoms with van der Waals surface area (Å²) in [6.07, 6.45) is 3.07. The van der Waals surface area contributed by atoms with E-state index in [1.165, 1.54) is 5.69 Å². The molecule has 0 atom stereocenters. The van der Waals surface area contributed by atoms with E-state index in [1.807, 2.05) is 47.4 Å². The molecular formula is C26H29N5O3. The van der Waals surface area contributed by atoms with Crippen LogP contribution in [0, 0.1) is 0 Å². The molecule has 1 aromatic heterocycles. The van der Waals surface area contributed by atoms with Gasteiger partial charge < -0.3 is 19.5 Å². The molecule has 8 nitrogen and oxygen atoms in total. The van der Waals surface area contributed by atoms with Crippen molar-refractivity contribution < 1.29 is 9.53 Å². The van der Waals surface area contributed by atoms with Gasteiger partial charge in [0, 0.05) is 50.3 Å². The van der Waals surface area contributed by atoms with Gasteiger partial charge in [-0.15, -0.1) is 16.8 Å². The number of benzene rings is 2. The number of hydrogen-bond acceptors (Lipinski definition) is 6. The molecule has 2 heterocycles. The van der Waals surface area contributed by atoms with Crippen molar-refractivity contribution in [3.63, 3.8) is 0 Å². The fraction of sp³-hybridized carbons (Fsp3) is 0.308. The molecule has 8 heteroatoms. The van der Waals surface area contributed by atoms with Crippen LogP contribution in [0.15, 0.2) is 72.0 Å². The molecular weight excluding hydrogens is 430 g/mol. The second-order valence-electron chi connectivity index (χ2n) is 8.10. The van der Waals surface area contributed by atoms with Gasteiger partial charge in [0.1, 0.15) is 11.4 Å². The van der Waals surface area contributed by atoms with Crippen molar-refractivity contribution in [1.82, 2.24) is 20.1 Å². The standard InChI is InChI=1S/C26H29N5O3/c1-2-3-19-34-22-11-9-20(10-12-22)25-27-26(33)23(28-29-25)13-14-24(32)31-17-15-30(16-18-31)21-7-5-4-6-8-21/h2,4-12H,1,3,13-19H2,(H,27,29,33). The minimum absolute atomic E-state index is 0.0324. The van der Waals surface area contributed by atoms with Crippen molar-refractivity contribution in [2.24, 2.45) is 0 Å². The number of para-hydroxylation sites is 1. The van der Waals surface area contributed by atoms with E-state index in [0.717, 1.165) is 30.8 Å². The number of ether oxygens (including phenoxy) is 1. The second kappa shape index (κ2) is 11.3. The van der Waals surface area contributed by atoms with Crippen molar-refractivity contribution in [2.45, 2.75) is 19.3 Å². The molecule has 3 aromatic rings. The summed E-state index contributed by atoms with van der Waals surface area (Å²) in [5.74, 6) is 1.15. The molecule has 0 unspecified atom stereocenters. The summed E-state index contributed by atoms with van der Waals surface area (Å²) < 4.78 is 5.60. The fourth-order valence-electron chi connectivity index (χ4n) is 3.86. The minimum Gasteiger partial charge on any atom is -0.493 e. The van der Waals surface area contributed by atoms with Gasteiger partial charge in [-0.2, -0.15) is 0 Å². The minimum atomic E-state index is -0.321. The Bertz CT molecular complexity index is 1150. The number of aryl methyl sites for hydroxylation is 1. The predicted octanol–water partition coefficient (Wildman–Crippen LogP) is 3.07. The van der Waals surface area contributed by atoms with Gasteiger partial charge in [-0.05, 0) is 42.8 Å². The molecule has 176 valence electrons. The summed E-state index contributed by atoms with van der Waals surface area (Å²) in [6, 6.07) is 17.5. The Labute approximate surface area is 198 Å². The third-order valence-corrected chi connectivity index (χ3v) is 5.81. The van der Waals surface area contributed by atoms with E-state index in [9.17, 15) is 9.59 Å². The normalized spacial score (nSPS) is 13.5. The van der Waals surface area contributed by atoms with Gasteiger partial charge in [0.2, 0.25) is 5.91 Å². The van der Waals surface area contributed by atoms with Gasteiger partial charge in [-0.1, -0.05) is 24.3 Å². The van der Waals surface area contributed by atoms with Gasteiger partial charge in [-0.3, -0.25) is 9.59 Å². The van der Waals surface area contributed by atoms with Crippen LogP contribution in [-0.2, 0) is 11.2 Å². The number of aromatic nitrogens is 3. The summed E-state index contributed by atoms with van der Waals surface area (Å²) in [7, 11) is 0. The Morgan fingerprint density at radius 3 is 2.44 bits per heavy atom. The molecule has 1 aliphatic heterocycles. The first-order valence-corrected chi connectivity index (χ1v) is 11.5. The largest absolute Gasteiger partial charge is 0.493 e. The first-order valence-electron chi connectivity index (χ1n) is 11.5. The van der Waals surface area contributed by atoms with Crippen molar-refractivity contribution in [3.8, 4) is 17.1 Å². The van der Waals surface area contributed by atoms with E-state index < -0.39 is 0 Å². The number of piperazine rings is 1. The molecule has 0 aliphatic carbocycles. The lowest BCUT2D eigenvalue weighted by molar-refractivity contribution is -0.131. The van der Waals surface area contributed by atoms with Crippen molar-refractivity contribution in [1.29, 1.82) is 0 Å². The summed E-state index contributed by atoms with van der Waals surface area (Å²) in [6.45, 7) is 7.16. The lowest BCUT2D eigenvalue weighted by Gasteiger charge is -2.36. The third-order valence-electron chi connectivity index (χ3n) is 5.81. The number of amides is 1. The number of carbonyl (C=O) groups excluding carboxylic acids is 1. The molecule has 4 rings (SSSR count). The number of carbonyl (C=O) groups is 1. The van der Waals surface area contributed by atoms with Gasteiger partial charge in [-0.25, -0.2) is 0 Å². The maximum absolute atomic E-state index is 12.7. The van der Waals surface area contributed by atoms with E-state index in [-0.39, 0.29) is 30.0 Å². The predicted molar refractivity (Wildman–Crippen MR) is 132 cm³/mol. The third kappa shape index (κ3) is 5.89. The number of hydrogen-bond donors (Lipinski definition) is 1. The number of H-pyrrole nitrogens is 1. The smallest absolute Gasteiger partial charge is 0.273 e. The Kier molecular flexibility index (Phi) is 7.70. The fourth-order valence-corrected chi connectivity index (χ4v) is 3.86. The lowest BCUT2D eigenvalue weighted by atomic mass is 10.2. The van der Waals surface area contributed by atoms with Crippen molar-refractivity contribution in [3.05, 3.63) is 83.3 Å². The first-order chi connectivity index (χ1) is 16.6. The SMILES string of the molecule is C=CCCOc1ccc(-c2nnc(CCC(=O)N3CCN(c4ccccc4)CC3)c(=O)[nH]2)cc1. The molecule has 1 amide bonds. The van der Waals surface area contributed by atoms with E-state index in [0.29, 0.717) is 25.5 Å². The molecule has 1 aliphatic rings. The van der Waals surface area contributed by atoms with Crippen LogP contribution in [0.25, 0.3) is 11.4 Å².